The second-order valence-corrected chi connectivity index (χ2v) is 8.39. The van der Waals surface area contributed by atoms with E-state index in [0.29, 0.717) is 29.2 Å². The monoisotopic (exact) mass is 410 g/mol. The summed E-state index contributed by atoms with van der Waals surface area (Å²) >= 11 is 1.44. The molecule has 3 amide bonds. The van der Waals surface area contributed by atoms with Crippen molar-refractivity contribution in [2.45, 2.75) is 33.1 Å². The van der Waals surface area contributed by atoms with Crippen LogP contribution in [0, 0.1) is 18.8 Å². The molecule has 2 aliphatic rings. The number of nitrogens with one attached hydrogen (secondary N) is 2. The zero-order valence-electron chi connectivity index (χ0n) is 16.3. The minimum absolute atomic E-state index is 0.153. The average molecular weight is 410 g/mol. The number of fused-ring (bicyclic) bond motifs is 1. The van der Waals surface area contributed by atoms with Crippen molar-refractivity contribution in [2.75, 3.05) is 10.3 Å². The van der Waals surface area contributed by atoms with E-state index in [1.807, 2.05) is 26.0 Å². The van der Waals surface area contributed by atoms with Gasteiger partial charge in [-0.2, -0.15) is 0 Å². The summed E-state index contributed by atoms with van der Waals surface area (Å²) in [6, 6.07) is 6.67. The summed E-state index contributed by atoms with van der Waals surface area (Å²) in [5, 5.41) is 4.63. The molecule has 0 saturated carbocycles. The van der Waals surface area contributed by atoms with Crippen molar-refractivity contribution in [3.8, 4) is 0 Å². The molecule has 1 aliphatic heterocycles. The van der Waals surface area contributed by atoms with Crippen LogP contribution in [-0.4, -0.2) is 22.7 Å². The van der Waals surface area contributed by atoms with Crippen LogP contribution in [0.15, 0.2) is 36.4 Å². The van der Waals surface area contributed by atoms with E-state index in [4.69, 9.17) is 0 Å². The van der Waals surface area contributed by atoms with Crippen LogP contribution in [0.1, 0.15) is 40.7 Å². The predicted octanol–water partition coefficient (Wildman–Crippen LogP) is 3.23. The molecule has 0 bridgehead atoms. The summed E-state index contributed by atoms with van der Waals surface area (Å²) in [4.78, 5) is 43.6. The quantitative estimate of drug-likeness (QED) is 0.757. The molecular weight excluding hydrogens is 388 g/mol. The molecule has 2 aromatic rings. The maximum absolute atomic E-state index is 12.9. The van der Waals surface area contributed by atoms with Crippen molar-refractivity contribution in [2.24, 2.45) is 11.8 Å². The number of aromatic nitrogens is 1. The Kier molecular flexibility index (Phi) is 5.19. The van der Waals surface area contributed by atoms with Crippen LogP contribution in [0.3, 0.4) is 0 Å². The molecule has 1 saturated heterocycles. The lowest BCUT2D eigenvalue weighted by Crippen LogP contribution is -2.59. The summed E-state index contributed by atoms with van der Waals surface area (Å²) in [5.41, 5.74) is 4.51. The smallest absolute Gasteiger partial charge is 0.257 e. The largest absolute Gasteiger partial charge is 0.298 e. The number of anilines is 2. The van der Waals surface area contributed by atoms with E-state index in [2.05, 4.69) is 15.7 Å². The fourth-order valence-corrected chi connectivity index (χ4v) is 4.65. The van der Waals surface area contributed by atoms with Gasteiger partial charge in [-0.3, -0.25) is 25.1 Å². The van der Waals surface area contributed by atoms with Crippen molar-refractivity contribution in [1.29, 1.82) is 0 Å². The first-order chi connectivity index (χ1) is 14.0. The molecule has 29 heavy (non-hydrogen) atoms. The van der Waals surface area contributed by atoms with Crippen LogP contribution in [0.5, 0.6) is 0 Å². The van der Waals surface area contributed by atoms with E-state index in [1.165, 1.54) is 16.3 Å². The molecule has 0 radical (unpaired) electrons. The number of rotatable bonds is 4. The topological polar surface area (TPSA) is 91.4 Å². The molecule has 0 unspecified atom stereocenters. The highest BCUT2D eigenvalue weighted by Crippen LogP contribution is 2.32. The Morgan fingerprint density at radius 3 is 2.76 bits per heavy atom. The van der Waals surface area contributed by atoms with Gasteiger partial charge in [0.25, 0.3) is 5.91 Å². The van der Waals surface area contributed by atoms with Gasteiger partial charge >= 0.3 is 0 Å². The minimum atomic E-state index is -0.364. The van der Waals surface area contributed by atoms with Crippen molar-refractivity contribution >= 4 is 39.9 Å². The fourth-order valence-electron chi connectivity index (χ4n) is 3.75. The molecule has 1 aromatic heterocycles. The van der Waals surface area contributed by atoms with E-state index < -0.39 is 0 Å². The number of carbonyl (C=O) groups excluding carboxylic acids is 3. The number of thiazole rings is 1. The van der Waals surface area contributed by atoms with E-state index in [1.54, 1.807) is 24.3 Å². The molecular formula is C21H22N4O3S. The SMILES string of the molecule is CCc1nc(NC(=O)c2cccc(N3NC(=O)[C@@H]4CC=CC[C@@H]4C3=O)c2)sc1C. The number of benzene rings is 1. The van der Waals surface area contributed by atoms with Crippen LogP contribution >= 0.6 is 11.3 Å². The zero-order valence-corrected chi connectivity index (χ0v) is 17.1. The molecule has 150 valence electrons. The first-order valence-corrected chi connectivity index (χ1v) is 10.5. The van der Waals surface area contributed by atoms with Crippen LogP contribution in [0.2, 0.25) is 0 Å². The normalized spacial score (nSPS) is 21.0. The van der Waals surface area contributed by atoms with Crippen LogP contribution in [-0.2, 0) is 16.0 Å². The van der Waals surface area contributed by atoms with Gasteiger partial charge in [-0.05, 0) is 44.4 Å². The van der Waals surface area contributed by atoms with Gasteiger partial charge in [0.2, 0.25) is 11.8 Å². The van der Waals surface area contributed by atoms with Crippen LogP contribution in [0.25, 0.3) is 0 Å². The Morgan fingerprint density at radius 1 is 1.28 bits per heavy atom. The van der Waals surface area contributed by atoms with Gasteiger partial charge in [-0.25, -0.2) is 9.99 Å². The predicted molar refractivity (Wildman–Crippen MR) is 112 cm³/mol. The Hall–Kier alpha value is -3.00. The van der Waals surface area contributed by atoms with Gasteiger partial charge in [0.05, 0.1) is 23.2 Å². The number of carbonyl (C=O) groups is 3. The Bertz CT molecular complexity index is 1010. The van der Waals surface area contributed by atoms with Crippen LogP contribution < -0.4 is 15.8 Å². The third-order valence-electron chi connectivity index (χ3n) is 5.34. The number of allylic oxidation sites excluding steroid dienone is 2. The highest BCUT2D eigenvalue weighted by molar-refractivity contribution is 7.15. The highest BCUT2D eigenvalue weighted by Gasteiger charge is 2.42. The summed E-state index contributed by atoms with van der Waals surface area (Å²) in [6.45, 7) is 4.00. The number of hydrogen-bond donors (Lipinski definition) is 2. The van der Waals surface area contributed by atoms with Gasteiger partial charge in [0, 0.05) is 10.4 Å². The summed E-state index contributed by atoms with van der Waals surface area (Å²) in [7, 11) is 0. The average Bonchev–Trinajstić information content (AvgIpc) is 3.09. The number of amides is 3. The molecule has 4 rings (SSSR count). The number of nitrogens with zero attached hydrogens (tertiary/aromatic N) is 2. The lowest BCUT2D eigenvalue weighted by Gasteiger charge is -2.38. The molecule has 2 N–H and O–H groups in total. The molecule has 7 nitrogen and oxygen atoms in total. The second-order valence-electron chi connectivity index (χ2n) is 7.19. The standard InChI is InChI=1S/C21H22N4O3S/c1-3-17-12(2)29-21(22-17)23-18(26)13-7-6-8-14(11-13)25-20(28)16-10-5-4-9-15(16)19(27)24-25/h4-8,11,15-16H,3,9-10H2,1-2H3,(H,24,27)(H,22,23,26)/t15-,16+/m1/s1. The van der Waals surface area contributed by atoms with Crippen LogP contribution in [0.4, 0.5) is 10.8 Å². The van der Waals surface area contributed by atoms with Crippen molar-refractivity contribution in [3.05, 3.63) is 52.6 Å². The first-order valence-electron chi connectivity index (χ1n) is 9.65. The van der Waals surface area contributed by atoms with E-state index in [-0.39, 0.29) is 29.6 Å². The molecule has 0 spiro atoms. The molecule has 1 fully saturated rings. The molecule has 8 heteroatoms. The minimum Gasteiger partial charge on any atom is -0.298 e. The first kappa shape index (κ1) is 19.3. The number of hydrogen-bond acceptors (Lipinski definition) is 5. The van der Waals surface area contributed by atoms with Gasteiger partial charge in [-0.1, -0.05) is 25.1 Å². The van der Waals surface area contributed by atoms with E-state index in [9.17, 15) is 14.4 Å². The van der Waals surface area contributed by atoms with Gasteiger partial charge in [-0.15, -0.1) is 11.3 Å². The zero-order chi connectivity index (χ0) is 20.5. The lowest BCUT2D eigenvalue weighted by molar-refractivity contribution is -0.139. The maximum atomic E-state index is 12.9. The summed E-state index contributed by atoms with van der Waals surface area (Å²) in [6.07, 6.45) is 5.82. The third-order valence-corrected chi connectivity index (χ3v) is 6.27. The third kappa shape index (κ3) is 3.67. The van der Waals surface area contributed by atoms with Crippen molar-refractivity contribution < 1.29 is 14.4 Å². The summed E-state index contributed by atoms with van der Waals surface area (Å²) in [5.74, 6) is -1.32. The van der Waals surface area contributed by atoms with Gasteiger partial charge in [0.1, 0.15) is 0 Å². The van der Waals surface area contributed by atoms with Crippen molar-refractivity contribution in [1.82, 2.24) is 10.4 Å². The number of aryl methyl sites for hydroxylation is 2. The van der Waals surface area contributed by atoms with E-state index in [0.717, 1.165) is 17.0 Å². The van der Waals surface area contributed by atoms with E-state index >= 15 is 0 Å². The number of hydrazine groups is 1. The Balaban J connectivity index is 1.55. The molecule has 1 aromatic carbocycles. The molecule has 2 atom stereocenters. The fraction of sp³-hybridized carbons (Fsp3) is 0.333. The van der Waals surface area contributed by atoms with Crippen molar-refractivity contribution in [3.63, 3.8) is 0 Å². The van der Waals surface area contributed by atoms with Gasteiger partial charge in [0.15, 0.2) is 5.13 Å². The second kappa shape index (κ2) is 7.79. The Labute approximate surface area is 172 Å². The van der Waals surface area contributed by atoms with Gasteiger partial charge < -0.3 is 0 Å². The molecule has 2 heterocycles. The lowest BCUT2D eigenvalue weighted by atomic mass is 9.80. The maximum Gasteiger partial charge on any atom is 0.257 e. The highest BCUT2D eigenvalue weighted by atomic mass is 32.1. The summed E-state index contributed by atoms with van der Waals surface area (Å²) < 4.78 is 0. The Morgan fingerprint density at radius 2 is 2.03 bits per heavy atom. The molecule has 1 aliphatic carbocycles.